The minimum Gasteiger partial charge on any atom is -0.375 e. The highest BCUT2D eigenvalue weighted by molar-refractivity contribution is 5.11. The Morgan fingerprint density at radius 3 is 2.95 bits per heavy atom. The van der Waals surface area contributed by atoms with Crippen molar-refractivity contribution in [3.05, 3.63) is 18.2 Å². The fraction of sp³-hybridized carbons (Fsp3) is 0.812. The standard InChI is InChI=1S/C16H27N3O/c1-3-16(4-2)9-14(6-8-20-16)19-12-18-11-15(19)13-5-7-17-10-13/h11-14,17H,3-10H2,1-2H3. The number of hydrogen-bond acceptors (Lipinski definition) is 3. The van der Waals surface area contributed by atoms with E-state index in [0.29, 0.717) is 12.0 Å². The summed E-state index contributed by atoms with van der Waals surface area (Å²) in [4.78, 5) is 4.44. The van der Waals surface area contributed by atoms with Crippen molar-refractivity contribution in [1.29, 1.82) is 0 Å². The molecule has 0 bridgehead atoms. The van der Waals surface area contributed by atoms with Crippen LogP contribution in [0.1, 0.15) is 63.6 Å². The van der Waals surface area contributed by atoms with Gasteiger partial charge in [0.05, 0.1) is 11.9 Å². The van der Waals surface area contributed by atoms with Gasteiger partial charge in [0.1, 0.15) is 0 Å². The number of nitrogens with one attached hydrogen (secondary N) is 1. The fourth-order valence-corrected chi connectivity index (χ4v) is 3.83. The highest BCUT2D eigenvalue weighted by atomic mass is 16.5. The van der Waals surface area contributed by atoms with Crippen LogP contribution in [0, 0.1) is 0 Å². The number of aromatic nitrogens is 2. The Labute approximate surface area is 121 Å². The van der Waals surface area contributed by atoms with Gasteiger partial charge in [-0.3, -0.25) is 0 Å². The molecule has 2 aliphatic heterocycles. The maximum absolute atomic E-state index is 6.11. The van der Waals surface area contributed by atoms with Gasteiger partial charge in [-0.05, 0) is 38.6 Å². The Hall–Kier alpha value is -0.870. The molecule has 2 atom stereocenters. The number of nitrogens with zero attached hydrogens (tertiary/aromatic N) is 2. The van der Waals surface area contributed by atoms with Crippen LogP contribution in [0.3, 0.4) is 0 Å². The summed E-state index contributed by atoms with van der Waals surface area (Å²) in [5.74, 6) is 0.637. The molecule has 3 rings (SSSR count). The number of hydrogen-bond donors (Lipinski definition) is 1. The van der Waals surface area contributed by atoms with Crippen molar-refractivity contribution >= 4 is 0 Å². The molecule has 2 saturated heterocycles. The van der Waals surface area contributed by atoms with E-state index in [9.17, 15) is 0 Å². The first-order valence-electron chi connectivity index (χ1n) is 8.14. The van der Waals surface area contributed by atoms with Gasteiger partial charge in [-0.25, -0.2) is 4.98 Å². The third kappa shape index (κ3) is 2.51. The number of imidazole rings is 1. The molecule has 0 aliphatic carbocycles. The molecule has 2 fully saturated rings. The van der Waals surface area contributed by atoms with Crippen molar-refractivity contribution in [3.63, 3.8) is 0 Å². The summed E-state index contributed by atoms with van der Waals surface area (Å²) in [5, 5.41) is 3.46. The Kier molecular flexibility index (Phi) is 4.13. The van der Waals surface area contributed by atoms with E-state index in [-0.39, 0.29) is 5.60 Å². The summed E-state index contributed by atoms with van der Waals surface area (Å²) in [6, 6.07) is 0.557. The normalized spacial score (nSPS) is 29.7. The molecule has 1 aromatic rings. The van der Waals surface area contributed by atoms with Crippen LogP contribution in [0.25, 0.3) is 0 Å². The van der Waals surface area contributed by atoms with Crippen LogP contribution >= 0.6 is 0 Å². The molecule has 112 valence electrons. The largest absolute Gasteiger partial charge is 0.375 e. The first-order valence-corrected chi connectivity index (χ1v) is 8.14. The van der Waals surface area contributed by atoms with E-state index in [4.69, 9.17) is 4.74 Å². The van der Waals surface area contributed by atoms with E-state index in [2.05, 4.69) is 34.9 Å². The molecule has 2 aliphatic rings. The van der Waals surface area contributed by atoms with E-state index in [1.165, 1.54) is 12.1 Å². The van der Waals surface area contributed by atoms with Crippen molar-refractivity contribution in [1.82, 2.24) is 14.9 Å². The molecule has 3 heterocycles. The third-order valence-corrected chi connectivity index (χ3v) is 5.32. The van der Waals surface area contributed by atoms with Crippen LogP contribution in [0.4, 0.5) is 0 Å². The van der Waals surface area contributed by atoms with E-state index in [1.54, 1.807) is 0 Å². The zero-order chi connectivity index (χ0) is 14.0. The highest BCUT2D eigenvalue weighted by Gasteiger charge is 2.36. The molecular weight excluding hydrogens is 250 g/mol. The molecule has 1 N–H and O–H groups in total. The quantitative estimate of drug-likeness (QED) is 0.920. The minimum atomic E-state index is 0.0817. The third-order valence-electron chi connectivity index (χ3n) is 5.32. The van der Waals surface area contributed by atoms with Gasteiger partial charge in [-0.15, -0.1) is 0 Å². The lowest BCUT2D eigenvalue weighted by molar-refractivity contribution is -0.0990. The van der Waals surface area contributed by atoms with Gasteiger partial charge in [-0.1, -0.05) is 13.8 Å². The van der Waals surface area contributed by atoms with Crippen molar-refractivity contribution in [2.24, 2.45) is 0 Å². The fourth-order valence-electron chi connectivity index (χ4n) is 3.83. The molecule has 0 aromatic carbocycles. The van der Waals surface area contributed by atoms with Crippen LogP contribution in [-0.2, 0) is 4.74 Å². The van der Waals surface area contributed by atoms with Crippen LogP contribution in [0.5, 0.6) is 0 Å². The van der Waals surface area contributed by atoms with Gasteiger partial charge in [0.25, 0.3) is 0 Å². The lowest BCUT2D eigenvalue weighted by Gasteiger charge is -2.41. The van der Waals surface area contributed by atoms with E-state index < -0.39 is 0 Å². The van der Waals surface area contributed by atoms with Crippen molar-refractivity contribution < 1.29 is 4.74 Å². The molecule has 4 heteroatoms. The molecule has 1 aromatic heterocycles. The average Bonchev–Trinajstić information content (AvgIpc) is 3.17. The molecule has 2 unspecified atom stereocenters. The maximum atomic E-state index is 6.11. The Bertz CT molecular complexity index is 433. The summed E-state index contributed by atoms with van der Waals surface area (Å²) >= 11 is 0. The molecular formula is C16H27N3O. The average molecular weight is 277 g/mol. The number of ether oxygens (including phenoxy) is 1. The van der Waals surface area contributed by atoms with Gasteiger partial charge in [-0.2, -0.15) is 0 Å². The summed E-state index contributed by atoms with van der Waals surface area (Å²) in [6.07, 6.45) is 9.81. The van der Waals surface area contributed by atoms with Gasteiger partial charge in [0, 0.05) is 37.0 Å². The van der Waals surface area contributed by atoms with Gasteiger partial charge in [0.2, 0.25) is 0 Å². The van der Waals surface area contributed by atoms with Crippen molar-refractivity contribution in [2.75, 3.05) is 19.7 Å². The SMILES string of the molecule is CCC1(CC)CC(n2cncc2C2CCNC2)CCO1. The lowest BCUT2D eigenvalue weighted by atomic mass is 9.85. The molecule has 4 nitrogen and oxygen atoms in total. The van der Waals surface area contributed by atoms with Crippen LogP contribution in [0.2, 0.25) is 0 Å². The molecule has 0 amide bonds. The lowest BCUT2D eigenvalue weighted by Crippen LogP contribution is -2.39. The second-order valence-corrected chi connectivity index (χ2v) is 6.30. The van der Waals surface area contributed by atoms with Gasteiger partial charge >= 0.3 is 0 Å². The second-order valence-electron chi connectivity index (χ2n) is 6.30. The summed E-state index contributed by atoms with van der Waals surface area (Å²) in [7, 11) is 0. The van der Waals surface area contributed by atoms with Crippen LogP contribution in [-0.4, -0.2) is 34.8 Å². The predicted octanol–water partition coefficient (Wildman–Crippen LogP) is 2.87. The van der Waals surface area contributed by atoms with Crippen LogP contribution in [0.15, 0.2) is 12.5 Å². The van der Waals surface area contributed by atoms with Crippen molar-refractivity contribution in [2.45, 2.75) is 63.5 Å². The molecule has 0 radical (unpaired) electrons. The Morgan fingerprint density at radius 1 is 1.40 bits per heavy atom. The maximum Gasteiger partial charge on any atom is 0.0950 e. The molecule has 20 heavy (non-hydrogen) atoms. The molecule has 0 spiro atoms. The van der Waals surface area contributed by atoms with Crippen LogP contribution < -0.4 is 5.32 Å². The highest BCUT2D eigenvalue weighted by Crippen LogP contribution is 2.38. The van der Waals surface area contributed by atoms with Gasteiger partial charge in [0.15, 0.2) is 0 Å². The summed E-state index contributed by atoms with van der Waals surface area (Å²) < 4.78 is 8.56. The first kappa shape index (κ1) is 14.1. The van der Waals surface area contributed by atoms with E-state index in [1.807, 2.05) is 6.33 Å². The first-order chi connectivity index (χ1) is 9.78. The van der Waals surface area contributed by atoms with Gasteiger partial charge < -0.3 is 14.6 Å². The summed E-state index contributed by atoms with van der Waals surface area (Å²) in [5.41, 5.74) is 1.50. The predicted molar refractivity (Wildman–Crippen MR) is 80.0 cm³/mol. The zero-order valence-electron chi connectivity index (χ0n) is 12.8. The second kappa shape index (κ2) is 5.86. The number of rotatable bonds is 4. The van der Waals surface area contributed by atoms with E-state index >= 15 is 0 Å². The monoisotopic (exact) mass is 277 g/mol. The topological polar surface area (TPSA) is 39.1 Å². The Morgan fingerprint density at radius 2 is 2.25 bits per heavy atom. The zero-order valence-corrected chi connectivity index (χ0v) is 12.8. The Balaban J connectivity index is 1.80. The van der Waals surface area contributed by atoms with E-state index in [0.717, 1.165) is 45.4 Å². The van der Waals surface area contributed by atoms with Crippen molar-refractivity contribution in [3.8, 4) is 0 Å². The summed E-state index contributed by atoms with van der Waals surface area (Å²) in [6.45, 7) is 7.62. The minimum absolute atomic E-state index is 0.0817. The molecule has 0 saturated carbocycles. The smallest absolute Gasteiger partial charge is 0.0950 e.